The average molecular weight is 477 g/mol. The highest BCUT2D eigenvalue weighted by atomic mass is 16.6. The number of ether oxygens (including phenoxy) is 1. The third kappa shape index (κ3) is 4.80. The molecule has 2 aromatic heterocycles. The van der Waals surface area contributed by atoms with Gasteiger partial charge in [-0.15, -0.1) is 5.10 Å². The third-order valence-corrected chi connectivity index (χ3v) is 4.80. The molecule has 0 saturated heterocycles. The maximum absolute atomic E-state index is 13.1. The summed E-state index contributed by atoms with van der Waals surface area (Å²) < 4.78 is 11.5. The van der Waals surface area contributed by atoms with E-state index in [1.165, 1.54) is 22.9 Å². The van der Waals surface area contributed by atoms with E-state index < -0.39 is 10.8 Å². The molecule has 0 unspecified atom stereocenters. The summed E-state index contributed by atoms with van der Waals surface area (Å²) >= 11 is 0. The van der Waals surface area contributed by atoms with Gasteiger partial charge >= 0.3 is 0 Å². The zero-order valence-electron chi connectivity index (χ0n) is 18.6. The van der Waals surface area contributed by atoms with Crippen LogP contribution in [0.5, 0.6) is 5.75 Å². The molecule has 0 bridgehead atoms. The predicted octanol–water partition coefficient (Wildman–Crippen LogP) is 2.36. The molecule has 4 aromatic rings. The van der Waals surface area contributed by atoms with Gasteiger partial charge in [-0.1, -0.05) is 29.5 Å². The monoisotopic (exact) mass is 477 g/mol. The molecule has 14 heteroatoms. The van der Waals surface area contributed by atoms with E-state index in [0.717, 1.165) is 0 Å². The first-order valence-electron chi connectivity index (χ1n) is 10.3. The Bertz CT molecular complexity index is 1430. The molecule has 0 saturated carbocycles. The summed E-state index contributed by atoms with van der Waals surface area (Å²) in [5.74, 6) is -0.129. The fraction of sp³-hybridized carbons (Fsp3) is 0.143. The largest absolute Gasteiger partial charge is 0.494 e. The van der Waals surface area contributed by atoms with Gasteiger partial charge in [0.15, 0.2) is 5.69 Å². The summed E-state index contributed by atoms with van der Waals surface area (Å²) in [7, 11) is 0. The number of hydrogen-bond donors (Lipinski definition) is 2. The molecule has 3 N–H and O–H groups in total. The van der Waals surface area contributed by atoms with Gasteiger partial charge in [0.1, 0.15) is 11.4 Å². The number of non-ortho nitro benzene ring substituents is 1. The quantitative estimate of drug-likeness (QED) is 0.216. The van der Waals surface area contributed by atoms with E-state index in [1.807, 2.05) is 6.92 Å². The molecular formula is C21H19N9O5. The van der Waals surface area contributed by atoms with Crippen molar-refractivity contribution in [1.82, 2.24) is 30.7 Å². The van der Waals surface area contributed by atoms with Crippen molar-refractivity contribution in [3.8, 4) is 22.8 Å². The smallest absolute Gasteiger partial charge is 0.294 e. The van der Waals surface area contributed by atoms with Crippen molar-refractivity contribution < 1.29 is 19.1 Å². The van der Waals surface area contributed by atoms with Crippen molar-refractivity contribution >= 4 is 23.1 Å². The van der Waals surface area contributed by atoms with Crippen LogP contribution < -0.4 is 15.9 Å². The Labute approximate surface area is 197 Å². The van der Waals surface area contributed by atoms with Crippen LogP contribution in [0.4, 0.5) is 11.5 Å². The molecular weight excluding hydrogens is 458 g/mol. The van der Waals surface area contributed by atoms with Gasteiger partial charge in [0.05, 0.1) is 17.2 Å². The van der Waals surface area contributed by atoms with E-state index in [0.29, 0.717) is 29.2 Å². The first kappa shape index (κ1) is 23.0. The summed E-state index contributed by atoms with van der Waals surface area (Å²) in [5, 5.41) is 30.4. The molecule has 2 aromatic carbocycles. The minimum Gasteiger partial charge on any atom is -0.494 e. The van der Waals surface area contributed by atoms with Crippen LogP contribution in [0.25, 0.3) is 17.1 Å². The lowest BCUT2D eigenvalue weighted by atomic mass is 10.1. The van der Waals surface area contributed by atoms with Gasteiger partial charge in [-0.05, 0) is 36.3 Å². The van der Waals surface area contributed by atoms with E-state index in [9.17, 15) is 14.9 Å². The van der Waals surface area contributed by atoms with Gasteiger partial charge in [-0.25, -0.2) is 10.1 Å². The lowest BCUT2D eigenvalue weighted by Crippen LogP contribution is -2.21. The van der Waals surface area contributed by atoms with Crippen LogP contribution in [0, 0.1) is 10.1 Å². The second-order valence-electron chi connectivity index (χ2n) is 7.08. The van der Waals surface area contributed by atoms with Gasteiger partial charge in [-0.2, -0.15) is 9.78 Å². The molecule has 0 aliphatic carbocycles. The molecule has 35 heavy (non-hydrogen) atoms. The van der Waals surface area contributed by atoms with Crippen LogP contribution in [0.2, 0.25) is 0 Å². The number of amides is 1. The number of aromatic nitrogens is 5. The van der Waals surface area contributed by atoms with Crippen LogP contribution in [-0.4, -0.2) is 48.5 Å². The number of nitrogens with one attached hydrogen (secondary N) is 1. The molecule has 178 valence electrons. The Morgan fingerprint density at radius 2 is 2.06 bits per heavy atom. The van der Waals surface area contributed by atoms with Crippen molar-refractivity contribution in [3.63, 3.8) is 0 Å². The van der Waals surface area contributed by atoms with E-state index in [2.05, 4.69) is 35.8 Å². The summed E-state index contributed by atoms with van der Waals surface area (Å²) in [6.45, 7) is 3.89. The van der Waals surface area contributed by atoms with Crippen molar-refractivity contribution in [2.45, 2.75) is 13.8 Å². The zero-order valence-corrected chi connectivity index (χ0v) is 18.6. The van der Waals surface area contributed by atoms with E-state index in [4.69, 9.17) is 10.5 Å². The van der Waals surface area contributed by atoms with Gasteiger partial charge in [0.25, 0.3) is 11.6 Å². The molecule has 0 aliphatic rings. The Kier molecular flexibility index (Phi) is 6.44. The van der Waals surface area contributed by atoms with Crippen LogP contribution >= 0.6 is 0 Å². The lowest BCUT2D eigenvalue weighted by molar-refractivity contribution is -0.384. The topological polar surface area (TPSA) is 189 Å². The number of hydrogen-bond acceptors (Lipinski definition) is 11. The number of nitro groups is 1. The number of nitrogens with two attached hydrogens (primary N) is 1. The molecule has 0 radical (unpaired) electrons. The minimum atomic E-state index is -0.687. The minimum absolute atomic E-state index is 0.0460. The van der Waals surface area contributed by atoms with Gasteiger partial charge in [0.2, 0.25) is 11.6 Å². The Morgan fingerprint density at radius 3 is 2.77 bits per heavy atom. The van der Waals surface area contributed by atoms with Crippen LogP contribution in [-0.2, 0) is 0 Å². The first-order chi connectivity index (χ1) is 16.9. The SMILES string of the molecule is CCOc1cccc(-c2c(C(=O)NN=C(C)c3cccc([N+](=O)[O-])c3)nnn2-c2nonc2N)c1. The highest BCUT2D eigenvalue weighted by molar-refractivity contribution is 6.02. The second kappa shape index (κ2) is 9.78. The standard InChI is InChI=1S/C21H19N9O5/c1-3-34-16-9-5-7-14(11-16)18-17(24-28-29(18)20-19(22)26-35-27-20)21(31)25-23-12(2)13-6-4-8-15(10-13)30(32)33/h4-11H,3H2,1-2H3,(H2,22,26)(H,25,31). The van der Waals surface area contributed by atoms with Crippen molar-refractivity contribution in [2.75, 3.05) is 12.3 Å². The second-order valence-corrected chi connectivity index (χ2v) is 7.08. The molecule has 0 spiro atoms. The van der Waals surface area contributed by atoms with Gasteiger partial charge < -0.3 is 10.5 Å². The van der Waals surface area contributed by atoms with Gasteiger partial charge in [0, 0.05) is 23.3 Å². The maximum atomic E-state index is 13.1. The molecule has 0 atom stereocenters. The van der Waals surface area contributed by atoms with Crippen molar-refractivity contribution in [2.24, 2.45) is 5.10 Å². The summed E-state index contributed by atoms with van der Waals surface area (Å²) in [6, 6.07) is 12.8. The van der Waals surface area contributed by atoms with Crippen LogP contribution in [0.1, 0.15) is 29.9 Å². The fourth-order valence-corrected chi connectivity index (χ4v) is 3.18. The average Bonchev–Trinajstić information content (AvgIpc) is 3.48. The molecule has 4 rings (SSSR count). The van der Waals surface area contributed by atoms with E-state index >= 15 is 0 Å². The molecule has 0 aliphatic heterocycles. The number of carbonyl (C=O) groups excluding carboxylic acids is 1. The first-order valence-corrected chi connectivity index (χ1v) is 10.3. The number of anilines is 1. The number of benzene rings is 2. The molecule has 2 heterocycles. The number of carbonyl (C=O) groups is 1. The fourth-order valence-electron chi connectivity index (χ4n) is 3.18. The number of rotatable bonds is 8. The molecule has 0 fully saturated rings. The van der Waals surface area contributed by atoms with Crippen molar-refractivity contribution in [1.29, 1.82) is 0 Å². The number of nitrogens with zero attached hydrogens (tertiary/aromatic N) is 7. The van der Waals surface area contributed by atoms with Crippen molar-refractivity contribution in [3.05, 3.63) is 69.9 Å². The lowest BCUT2D eigenvalue weighted by Gasteiger charge is -2.08. The third-order valence-electron chi connectivity index (χ3n) is 4.80. The maximum Gasteiger partial charge on any atom is 0.294 e. The zero-order chi connectivity index (χ0) is 24.9. The van der Waals surface area contributed by atoms with E-state index in [-0.39, 0.29) is 28.7 Å². The van der Waals surface area contributed by atoms with Crippen LogP contribution in [0.3, 0.4) is 0 Å². The summed E-state index contributed by atoms with van der Waals surface area (Å²) in [6.07, 6.45) is 0. The molecule has 14 nitrogen and oxygen atoms in total. The Morgan fingerprint density at radius 1 is 1.26 bits per heavy atom. The Balaban J connectivity index is 1.71. The van der Waals surface area contributed by atoms with E-state index in [1.54, 1.807) is 37.3 Å². The molecule has 1 amide bonds. The summed E-state index contributed by atoms with van der Waals surface area (Å²) in [4.78, 5) is 23.6. The summed E-state index contributed by atoms with van der Waals surface area (Å²) in [5.41, 5.74) is 9.65. The normalized spacial score (nSPS) is 11.3. The highest BCUT2D eigenvalue weighted by Crippen LogP contribution is 2.29. The highest BCUT2D eigenvalue weighted by Gasteiger charge is 2.25. The number of nitrogen functional groups attached to an aromatic ring is 1. The van der Waals surface area contributed by atoms with Gasteiger partial charge in [-0.3, -0.25) is 14.9 Å². The number of nitro benzene ring substituents is 1. The Hall–Kier alpha value is -5.14. The number of hydrazone groups is 1. The predicted molar refractivity (Wildman–Crippen MR) is 123 cm³/mol. The van der Waals surface area contributed by atoms with Crippen LogP contribution in [0.15, 0.2) is 58.3 Å².